The van der Waals surface area contributed by atoms with Crippen molar-refractivity contribution in [1.82, 2.24) is 5.32 Å². The predicted molar refractivity (Wildman–Crippen MR) is 82.5 cm³/mol. The summed E-state index contributed by atoms with van der Waals surface area (Å²) < 4.78 is 18.6. The van der Waals surface area contributed by atoms with E-state index in [4.69, 9.17) is 4.74 Å². The molecule has 0 bridgehead atoms. The Kier molecular flexibility index (Phi) is 5.36. The number of amides is 1. The van der Waals surface area contributed by atoms with Crippen molar-refractivity contribution in [3.8, 4) is 5.75 Å². The van der Waals surface area contributed by atoms with Crippen LogP contribution < -0.4 is 10.1 Å². The van der Waals surface area contributed by atoms with Gasteiger partial charge in [0.05, 0.1) is 25.0 Å². The lowest BCUT2D eigenvalue weighted by atomic mass is 9.82. The molecule has 6 heteroatoms. The maximum atomic E-state index is 13.4. The first-order valence-corrected chi connectivity index (χ1v) is 7.45. The lowest BCUT2D eigenvalue weighted by Crippen LogP contribution is -2.39. The number of nitrogens with one attached hydrogen (secondary N) is 1. The molecule has 0 aromatic heterocycles. The van der Waals surface area contributed by atoms with Gasteiger partial charge in [-0.1, -0.05) is 12.2 Å². The fraction of sp³-hybridized carbons (Fsp3) is 0.412. The Morgan fingerprint density at radius 1 is 1.30 bits per heavy atom. The first kappa shape index (κ1) is 17.0. The number of halogens is 1. The normalized spacial score (nSPS) is 21.5. The number of rotatable bonds is 5. The van der Waals surface area contributed by atoms with Crippen molar-refractivity contribution in [2.45, 2.75) is 25.8 Å². The molecule has 0 spiro atoms. The number of carbonyl (C=O) groups is 2. The second-order valence-electron chi connectivity index (χ2n) is 5.61. The summed E-state index contributed by atoms with van der Waals surface area (Å²) in [5.74, 6) is -2.64. The Bertz CT molecular complexity index is 629. The molecule has 1 aliphatic carbocycles. The number of methoxy groups -OCH3 is 1. The summed E-state index contributed by atoms with van der Waals surface area (Å²) in [5.41, 5.74) is 0.513. The van der Waals surface area contributed by atoms with E-state index in [9.17, 15) is 19.1 Å². The van der Waals surface area contributed by atoms with Crippen LogP contribution in [0.4, 0.5) is 4.39 Å². The minimum atomic E-state index is -0.981. The average molecular weight is 321 g/mol. The van der Waals surface area contributed by atoms with Gasteiger partial charge in [0.25, 0.3) is 0 Å². The van der Waals surface area contributed by atoms with Crippen LogP contribution in [-0.4, -0.2) is 24.1 Å². The van der Waals surface area contributed by atoms with Crippen LogP contribution in [0.15, 0.2) is 30.4 Å². The molecule has 0 unspecified atom stereocenters. The van der Waals surface area contributed by atoms with E-state index in [1.807, 2.05) is 6.08 Å². The van der Waals surface area contributed by atoms with Crippen LogP contribution in [0.25, 0.3) is 0 Å². The van der Waals surface area contributed by atoms with Crippen LogP contribution in [-0.2, 0) is 9.59 Å². The number of hydrogen-bond acceptors (Lipinski definition) is 3. The van der Waals surface area contributed by atoms with Gasteiger partial charge in [0.15, 0.2) is 0 Å². The highest BCUT2D eigenvalue weighted by Gasteiger charge is 2.34. The van der Waals surface area contributed by atoms with Crippen LogP contribution in [0.3, 0.4) is 0 Å². The lowest BCUT2D eigenvalue weighted by Gasteiger charge is -2.26. The largest absolute Gasteiger partial charge is 0.496 e. The summed E-state index contributed by atoms with van der Waals surface area (Å²) in [6.07, 6.45) is 4.32. The van der Waals surface area contributed by atoms with E-state index in [0.29, 0.717) is 24.2 Å². The third kappa shape index (κ3) is 3.88. The summed E-state index contributed by atoms with van der Waals surface area (Å²) in [4.78, 5) is 23.7. The highest BCUT2D eigenvalue weighted by Crippen LogP contribution is 2.29. The minimum Gasteiger partial charge on any atom is -0.496 e. The van der Waals surface area contributed by atoms with E-state index in [2.05, 4.69) is 5.32 Å². The van der Waals surface area contributed by atoms with Crippen molar-refractivity contribution in [2.75, 3.05) is 7.11 Å². The van der Waals surface area contributed by atoms with Crippen LogP contribution in [0.2, 0.25) is 0 Å². The van der Waals surface area contributed by atoms with E-state index in [-0.39, 0.29) is 5.91 Å². The van der Waals surface area contributed by atoms with Crippen LogP contribution in [0.5, 0.6) is 5.75 Å². The van der Waals surface area contributed by atoms with Crippen molar-refractivity contribution in [3.63, 3.8) is 0 Å². The third-order valence-corrected chi connectivity index (χ3v) is 4.10. The Morgan fingerprint density at radius 3 is 2.57 bits per heavy atom. The van der Waals surface area contributed by atoms with E-state index in [1.165, 1.54) is 25.3 Å². The molecule has 2 N–H and O–H groups in total. The highest BCUT2D eigenvalue weighted by atomic mass is 19.1. The molecular weight excluding hydrogens is 301 g/mol. The van der Waals surface area contributed by atoms with Gasteiger partial charge in [-0.3, -0.25) is 9.59 Å². The quantitative estimate of drug-likeness (QED) is 0.818. The second-order valence-corrected chi connectivity index (χ2v) is 5.61. The van der Waals surface area contributed by atoms with Crippen molar-refractivity contribution < 1.29 is 23.8 Å². The van der Waals surface area contributed by atoms with Gasteiger partial charge in [-0.2, -0.15) is 0 Å². The van der Waals surface area contributed by atoms with Gasteiger partial charge in [-0.15, -0.1) is 0 Å². The summed E-state index contributed by atoms with van der Waals surface area (Å²) >= 11 is 0. The lowest BCUT2D eigenvalue weighted by molar-refractivity contribution is -0.147. The Balaban J connectivity index is 2.14. The zero-order chi connectivity index (χ0) is 17.0. The molecule has 124 valence electrons. The number of carboxylic acid groups (broad SMARTS) is 1. The summed E-state index contributed by atoms with van der Waals surface area (Å²) in [6.45, 7) is 1.71. The minimum absolute atomic E-state index is 0.338. The monoisotopic (exact) mass is 321 g/mol. The number of benzene rings is 1. The van der Waals surface area contributed by atoms with Crippen LogP contribution in [0, 0.1) is 17.7 Å². The molecule has 0 heterocycles. The number of ether oxygens (including phenoxy) is 1. The van der Waals surface area contributed by atoms with Crippen molar-refractivity contribution in [2.24, 2.45) is 11.8 Å². The first-order chi connectivity index (χ1) is 10.9. The fourth-order valence-electron chi connectivity index (χ4n) is 2.82. The van der Waals surface area contributed by atoms with E-state index >= 15 is 0 Å². The first-order valence-electron chi connectivity index (χ1n) is 7.45. The molecular formula is C17H20FNO4. The van der Waals surface area contributed by atoms with E-state index in [1.54, 1.807) is 13.0 Å². The van der Waals surface area contributed by atoms with Gasteiger partial charge in [-0.05, 0) is 38.0 Å². The number of carbonyl (C=O) groups excluding carboxylic acids is 1. The molecule has 0 aliphatic heterocycles. The Morgan fingerprint density at radius 2 is 1.96 bits per heavy atom. The second kappa shape index (κ2) is 7.26. The van der Waals surface area contributed by atoms with Gasteiger partial charge in [0, 0.05) is 5.56 Å². The molecule has 0 radical (unpaired) electrons. The molecule has 1 aromatic rings. The molecule has 0 saturated heterocycles. The Hall–Kier alpha value is -2.37. The summed E-state index contributed by atoms with van der Waals surface area (Å²) in [7, 11) is 1.47. The number of allylic oxidation sites excluding steroid dienone is 2. The van der Waals surface area contributed by atoms with Crippen LogP contribution in [0.1, 0.15) is 31.4 Å². The molecule has 23 heavy (non-hydrogen) atoms. The standard InChI is InChI=1S/C17H20FNO4/c1-10(14-9-11(18)7-8-15(14)23-2)19-16(20)12-5-3-4-6-13(12)17(21)22/h3-4,7-10,12-13H,5-6H2,1-2H3,(H,19,20)(H,21,22)/t10-,12-,13-/m0/s1. The Labute approximate surface area is 134 Å². The third-order valence-electron chi connectivity index (χ3n) is 4.10. The molecule has 1 amide bonds. The van der Waals surface area contributed by atoms with Gasteiger partial charge in [-0.25, -0.2) is 4.39 Å². The van der Waals surface area contributed by atoms with E-state index in [0.717, 1.165) is 0 Å². The van der Waals surface area contributed by atoms with Crippen molar-refractivity contribution >= 4 is 11.9 Å². The molecule has 3 atom stereocenters. The van der Waals surface area contributed by atoms with Crippen molar-refractivity contribution in [1.29, 1.82) is 0 Å². The topological polar surface area (TPSA) is 75.6 Å². The summed E-state index contributed by atoms with van der Waals surface area (Å²) in [6, 6.07) is 3.59. The van der Waals surface area contributed by atoms with Crippen molar-refractivity contribution in [3.05, 3.63) is 41.7 Å². The van der Waals surface area contributed by atoms with E-state index < -0.39 is 29.7 Å². The molecule has 0 fully saturated rings. The SMILES string of the molecule is COc1ccc(F)cc1[C@H](C)NC(=O)[C@H]1CC=CC[C@@H]1C(=O)O. The maximum Gasteiger partial charge on any atom is 0.307 e. The van der Waals surface area contributed by atoms with Gasteiger partial charge in [0.2, 0.25) is 5.91 Å². The summed E-state index contributed by atoms with van der Waals surface area (Å²) in [5, 5.41) is 12.0. The zero-order valence-electron chi connectivity index (χ0n) is 13.1. The molecule has 2 rings (SSSR count). The zero-order valence-corrected chi connectivity index (χ0v) is 13.1. The van der Waals surface area contributed by atoms with Gasteiger partial charge in [0.1, 0.15) is 11.6 Å². The number of carboxylic acids is 1. The smallest absolute Gasteiger partial charge is 0.307 e. The fourth-order valence-corrected chi connectivity index (χ4v) is 2.82. The maximum absolute atomic E-state index is 13.4. The van der Waals surface area contributed by atoms with Crippen LogP contribution >= 0.6 is 0 Å². The number of hydrogen-bond donors (Lipinski definition) is 2. The molecule has 1 aliphatic rings. The predicted octanol–water partition coefficient (Wildman–Crippen LogP) is 2.68. The molecule has 5 nitrogen and oxygen atoms in total. The van der Waals surface area contributed by atoms with Gasteiger partial charge < -0.3 is 15.2 Å². The molecule has 1 aromatic carbocycles. The van der Waals surface area contributed by atoms with Gasteiger partial charge >= 0.3 is 5.97 Å². The number of aliphatic carboxylic acids is 1. The molecule has 0 saturated carbocycles. The average Bonchev–Trinajstić information content (AvgIpc) is 2.54. The highest BCUT2D eigenvalue weighted by molar-refractivity contribution is 5.85.